The lowest BCUT2D eigenvalue weighted by Crippen LogP contribution is -2.39. The fraction of sp³-hybridized carbons (Fsp3) is 0.355. The summed E-state index contributed by atoms with van der Waals surface area (Å²) in [5.74, 6) is 0.567. The molecule has 0 fully saturated rings. The maximum atomic E-state index is 13.9. The van der Waals surface area contributed by atoms with E-state index in [-0.39, 0.29) is 22.8 Å². The smallest absolute Gasteiger partial charge is 0.280 e. The minimum atomic E-state index is -0.801. The first-order valence-corrected chi connectivity index (χ1v) is 13.5. The predicted octanol–water partition coefficient (Wildman–Crippen LogP) is 7.58. The van der Waals surface area contributed by atoms with Crippen LogP contribution in [-0.4, -0.2) is 16.6 Å². The van der Waals surface area contributed by atoms with E-state index < -0.39 is 11.0 Å². The molecular formula is C31H33N3O5. The van der Waals surface area contributed by atoms with E-state index >= 15 is 0 Å². The Morgan fingerprint density at radius 1 is 1.08 bits per heavy atom. The highest BCUT2D eigenvalue weighted by molar-refractivity contribution is 6.06. The van der Waals surface area contributed by atoms with Gasteiger partial charge >= 0.3 is 0 Å². The van der Waals surface area contributed by atoms with Crippen LogP contribution in [0.1, 0.15) is 71.1 Å². The van der Waals surface area contributed by atoms with Gasteiger partial charge in [0, 0.05) is 30.2 Å². The van der Waals surface area contributed by atoms with Crippen molar-refractivity contribution < 1.29 is 18.9 Å². The van der Waals surface area contributed by atoms with E-state index in [0.29, 0.717) is 47.6 Å². The van der Waals surface area contributed by atoms with Gasteiger partial charge in [0.25, 0.3) is 5.69 Å². The number of nitrogens with one attached hydrogen (secondary N) is 1. The highest BCUT2D eigenvalue weighted by atomic mass is 16.6. The first-order chi connectivity index (χ1) is 18.7. The Kier molecular flexibility index (Phi) is 7.12. The predicted molar refractivity (Wildman–Crippen MR) is 150 cm³/mol. The maximum Gasteiger partial charge on any atom is 0.280 e. The Morgan fingerprint density at radius 3 is 2.59 bits per heavy atom. The van der Waals surface area contributed by atoms with E-state index in [4.69, 9.17) is 4.42 Å². The molecule has 2 heterocycles. The monoisotopic (exact) mass is 527 g/mol. The van der Waals surface area contributed by atoms with Gasteiger partial charge in [0.05, 0.1) is 21.9 Å². The summed E-state index contributed by atoms with van der Waals surface area (Å²) in [6, 6.07) is 16.6. The number of anilines is 2. The zero-order valence-electron chi connectivity index (χ0n) is 22.5. The molecule has 2 aromatic carbocycles. The van der Waals surface area contributed by atoms with Crippen molar-refractivity contribution in [2.45, 2.75) is 65.3 Å². The summed E-state index contributed by atoms with van der Waals surface area (Å²) in [7, 11) is 0. The number of amides is 1. The number of carbonyl (C=O) groups is 2. The number of furan rings is 1. The molecule has 1 unspecified atom stereocenters. The first kappa shape index (κ1) is 26.4. The number of rotatable bonds is 7. The van der Waals surface area contributed by atoms with Gasteiger partial charge in [0.1, 0.15) is 17.6 Å². The van der Waals surface area contributed by atoms with Crippen LogP contribution in [-0.2, 0) is 9.59 Å². The average molecular weight is 528 g/mol. The lowest BCUT2D eigenvalue weighted by Gasteiger charge is -2.36. The minimum absolute atomic E-state index is 0.0402. The second kappa shape index (κ2) is 10.5. The number of nitro groups is 1. The van der Waals surface area contributed by atoms with E-state index in [1.807, 2.05) is 24.3 Å². The average Bonchev–Trinajstić information content (AvgIpc) is 3.32. The van der Waals surface area contributed by atoms with Crippen molar-refractivity contribution in [3.8, 4) is 11.3 Å². The van der Waals surface area contributed by atoms with E-state index in [1.165, 1.54) is 6.07 Å². The summed E-state index contributed by atoms with van der Waals surface area (Å²) in [6.45, 7) is 6.22. The van der Waals surface area contributed by atoms with Crippen LogP contribution in [0.25, 0.3) is 11.3 Å². The summed E-state index contributed by atoms with van der Waals surface area (Å²) in [5, 5.41) is 15.2. The molecule has 1 aliphatic carbocycles. The molecular weight excluding hydrogens is 494 g/mol. The highest BCUT2D eigenvalue weighted by Gasteiger charge is 2.44. The van der Waals surface area contributed by atoms with Crippen LogP contribution >= 0.6 is 0 Å². The number of Topliss-reactive ketones (excluding diaryl/α,β-unsaturated/α-hetero) is 1. The van der Waals surface area contributed by atoms with Crippen LogP contribution in [0.4, 0.5) is 17.1 Å². The zero-order chi connectivity index (χ0) is 27.7. The van der Waals surface area contributed by atoms with Crippen LogP contribution in [0.3, 0.4) is 0 Å². The third-order valence-corrected chi connectivity index (χ3v) is 7.43. The molecule has 0 spiro atoms. The summed E-state index contributed by atoms with van der Waals surface area (Å²) < 4.78 is 6.31. The standard InChI is InChI=1S/C31H33N3O5/c1-4-5-6-15-28(36)33-24-14-10-8-12-21(24)32-22-18-31(2,3)19-25(35)29(22)30(33)27-17-16-26(39-27)20-11-7-9-13-23(20)34(37)38/h7-14,16-17,30,32H,4-6,15,18-19H2,1-3H3. The third kappa shape index (κ3) is 5.11. The normalized spacial score (nSPS) is 18.2. The summed E-state index contributed by atoms with van der Waals surface area (Å²) >= 11 is 0. The lowest BCUT2D eigenvalue weighted by molar-refractivity contribution is -0.384. The Hall–Kier alpha value is -4.20. The van der Waals surface area contributed by atoms with Crippen LogP contribution in [0.5, 0.6) is 0 Å². The molecule has 0 saturated carbocycles. The summed E-state index contributed by atoms with van der Waals surface area (Å²) in [4.78, 5) is 40.7. The molecule has 0 radical (unpaired) electrons. The van der Waals surface area contributed by atoms with Crippen molar-refractivity contribution in [1.82, 2.24) is 0 Å². The number of unbranched alkanes of at least 4 members (excludes halogenated alkanes) is 2. The third-order valence-electron chi connectivity index (χ3n) is 7.43. The number of fused-ring (bicyclic) bond motifs is 1. The van der Waals surface area contributed by atoms with Crippen LogP contribution in [0.2, 0.25) is 0 Å². The molecule has 1 aliphatic heterocycles. The van der Waals surface area contributed by atoms with Gasteiger partial charge in [0.2, 0.25) is 5.91 Å². The molecule has 2 aliphatic rings. The Bertz CT molecular complexity index is 1470. The molecule has 5 rings (SSSR count). The Labute approximate surface area is 227 Å². The van der Waals surface area contributed by atoms with Crippen LogP contribution < -0.4 is 10.2 Å². The highest BCUT2D eigenvalue weighted by Crippen LogP contribution is 2.49. The van der Waals surface area contributed by atoms with Gasteiger partial charge in [-0.05, 0) is 48.6 Å². The molecule has 1 atom stereocenters. The van der Waals surface area contributed by atoms with E-state index in [0.717, 1.165) is 30.6 Å². The van der Waals surface area contributed by atoms with Crippen molar-refractivity contribution in [2.24, 2.45) is 5.41 Å². The Morgan fingerprint density at radius 2 is 1.82 bits per heavy atom. The van der Waals surface area contributed by atoms with Crippen molar-refractivity contribution in [3.63, 3.8) is 0 Å². The second-order valence-electron chi connectivity index (χ2n) is 11.1. The van der Waals surface area contributed by atoms with Crippen LogP contribution in [0, 0.1) is 15.5 Å². The molecule has 39 heavy (non-hydrogen) atoms. The number of ketones is 1. The number of nitro benzene ring substituents is 1. The number of hydrogen-bond donors (Lipinski definition) is 1. The SMILES string of the molecule is CCCCCC(=O)N1c2ccccc2NC2=C(C(=O)CC(C)(C)C2)C1c1ccc(-c2ccccc2[N+](=O)[O-])o1. The summed E-state index contributed by atoms with van der Waals surface area (Å²) in [5.41, 5.74) is 2.74. The van der Waals surface area contributed by atoms with E-state index in [9.17, 15) is 19.7 Å². The van der Waals surface area contributed by atoms with Crippen LogP contribution in [0.15, 0.2) is 76.4 Å². The van der Waals surface area contributed by atoms with Crippen molar-refractivity contribution in [3.05, 3.63) is 87.8 Å². The fourth-order valence-electron chi connectivity index (χ4n) is 5.66. The van der Waals surface area contributed by atoms with E-state index in [2.05, 4.69) is 26.1 Å². The lowest BCUT2D eigenvalue weighted by atomic mass is 9.74. The molecule has 202 valence electrons. The van der Waals surface area contributed by atoms with Crippen molar-refractivity contribution in [2.75, 3.05) is 10.2 Å². The van der Waals surface area contributed by atoms with Crippen molar-refractivity contribution >= 4 is 28.8 Å². The van der Waals surface area contributed by atoms with Gasteiger partial charge in [0.15, 0.2) is 5.78 Å². The number of carbonyl (C=O) groups excluding carboxylic acids is 2. The van der Waals surface area contributed by atoms with E-state index in [1.54, 1.807) is 35.2 Å². The van der Waals surface area contributed by atoms with Crippen molar-refractivity contribution in [1.29, 1.82) is 0 Å². The fourth-order valence-corrected chi connectivity index (χ4v) is 5.66. The second-order valence-corrected chi connectivity index (χ2v) is 11.1. The number of benzene rings is 2. The minimum Gasteiger partial charge on any atom is -0.458 e. The van der Waals surface area contributed by atoms with Gasteiger partial charge < -0.3 is 9.73 Å². The zero-order valence-corrected chi connectivity index (χ0v) is 22.5. The van der Waals surface area contributed by atoms with Gasteiger partial charge in [-0.25, -0.2) is 0 Å². The molecule has 1 N–H and O–H groups in total. The number of para-hydroxylation sites is 3. The topological polar surface area (TPSA) is 106 Å². The molecule has 8 heteroatoms. The molecule has 0 saturated heterocycles. The van der Waals surface area contributed by atoms with Gasteiger partial charge in [-0.3, -0.25) is 24.6 Å². The number of nitrogens with zero attached hydrogens (tertiary/aromatic N) is 2. The number of allylic oxidation sites excluding steroid dienone is 1. The number of hydrogen-bond acceptors (Lipinski definition) is 6. The molecule has 0 bridgehead atoms. The molecule has 1 aromatic heterocycles. The Balaban J connectivity index is 1.70. The van der Waals surface area contributed by atoms with Gasteiger partial charge in [-0.2, -0.15) is 0 Å². The van der Waals surface area contributed by atoms with Gasteiger partial charge in [-0.15, -0.1) is 0 Å². The molecule has 1 amide bonds. The maximum absolute atomic E-state index is 13.9. The first-order valence-electron chi connectivity index (χ1n) is 13.5. The summed E-state index contributed by atoms with van der Waals surface area (Å²) in [6.07, 6.45) is 3.95. The van der Waals surface area contributed by atoms with Gasteiger partial charge in [-0.1, -0.05) is 57.9 Å². The molecule has 8 nitrogen and oxygen atoms in total. The largest absolute Gasteiger partial charge is 0.458 e. The quantitative estimate of drug-likeness (QED) is 0.193. The molecule has 3 aromatic rings.